The molecule has 0 aromatic carbocycles. The van der Waals surface area contributed by atoms with Gasteiger partial charge in [0.25, 0.3) is 0 Å². The maximum atomic E-state index is 10.1. The summed E-state index contributed by atoms with van der Waals surface area (Å²) in [4.78, 5) is 20.2. The minimum Gasteiger partial charge on any atom is -0.412 e. The molecule has 0 aliphatic carbocycles. The Labute approximate surface area is 66.6 Å². The standard InChI is InChI=1S/C4H5NO2.Mo.H2O/c6-3-1-2-4(7)5-3;;/h1-2H2,(H,5,6,7);;1H2. The molecule has 2 amide bonds. The van der Waals surface area contributed by atoms with Crippen LogP contribution in [-0.4, -0.2) is 17.3 Å². The number of imide groups is 1. The molecule has 0 radical (unpaired) electrons. The number of hydrogen-bond donors (Lipinski definition) is 1. The van der Waals surface area contributed by atoms with Crippen molar-refractivity contribution in [3.05, 3.63) is 0 Å². The van der Waals surface area contributed by atoms with Crippen LogP contribution < -0.4 is 5.32 Å². The third-order valence-corrected chi connectivity index (χ3v) is 0.858. The van der Waals surface area contributed by atoms with Gasteiger partial charge in [0.1, 0.15) is 0 Å². The summed E-state index contributed by atoms with van der Waals surface area (Å²) in [7, 11) is 0. The molecule has 4 nitrogen and oxygen atoms in total. The third kappa shape index (κ3) is 3.38. The van der Waals surface area contributed by atoms with Crippen LogP contribution in [0.2, 0.25) is 0 Å². The summed E-state index contributed by atoms with van der Waals surface area (Å²) in [6.45, 7) is 0. The minimum absolute atomic E-state index is 0. The Kier molecular flexibility index (Phi) is 5.97. The van der Waals surface area contributed by atoms with Crippen molar-refractivity contribution in [3.63, 3.8) is 0 Å². The SMILES string of the molecule is O.O=C1CCC(=O)N1.[Mo]. The monoisotopic (exact) mass is 215 g/mol. The van der Waals surface area contributed by atoms with Crippen LogP contribution in [0.3, 0.4) is 0 Å². The maximum absolute atomic E-state index is 10.1. The molecule has 0 unspecified atom stereocenters. The van der Waals surface area contributed by atoms with E-state index in [1.165, 1.54) is 0 Å². The Morgan fingerprint density at radius 1 is 1.11 bits per heavy atom. The van der Waals surface area contributed by atoms with Gasteiger partial charge < -0.3 is 5.48 Å². The smallest absolute Gasteiger partial charge is 0.227 e. The fraction of sp³-hybridized carbons (Fsp3) is 0.500. The van der Waals surface area contributed by atoms with E-state index >= 15 is 0 Å². The molecule has 1 aliphatic rings. The second kappa shape index (κ2) is 4.65. The molecule has 0 aromatic heterocycles. The molecule has 5 heteroatoms. The Hall–Kier alpha value is -0.212. The van der Waals surface area contributed by atoms with Crippen LogP contribution in [0.4, 0.5) is 0 Å². The van der Waals surface area contributed by atoms with Gasteiger partial charge in [0, 0.05) is 33.9 Å². The third-order valence-electron chi connectivity index (χ3n) is 0.858. The molecule has 0 atom stereocenters. The van der Waals surface area contributed by atoms with E-state index in [2.05, 4.69) is 5.32 Å². The van der Waals surface area contributed by atoms with Crippen LogP contribution in [0.5, 0.6) is 0 Å². The second-order valence-electron chi connectivity index (χ2n) is 1.47. The number of hydrogen-bond acceptors (Lipinski definition) is 2. The van der Waals surface area contributed by atoms with Crippen LogP contribution >= 0.6 is 0 Å². The summed E-state index contributed by atoms with van der Waals surface area (Å²) in [6, 6.07) is 0. The first-order valence-electron chi connectivity index (χ1n) is 2.12. The zero-order chi connectivity index (χ0) is 5.28. The topological polar surface area (TPSA) is 77.7 Å². The van der Waals surface area contributed by atoms with Crippen molar-refractivity contribution in [2.75, 3.05) is 0 Å². The van der Waals surface area contributed by atoms with Gasteiger partial charge in [0.05, 0.1) is 0 Å². The first-order chi connectivity index (χ1) is 3.29. The minimum atomic E-state index is -0.148. The quantitative estimate of drug-likeness (QED) is 0.396. The van der Waals surface area contributed by atoms with Crippen molar-refractivity contribution in [2.45, 2.75) is 12.8 Å². The molecule has 52 valence electrons. The average Bonchev–Trinajstić information content (AvgIpc) is 1.87. The summed E-state index contributed by atoms with van der Waals surface area (Å²) in [6.07, 6.45) is 0.748. The van der Waals surface area contributed by atoms with E-state index in [0.717, 1.165) is 0 Å². The van der Waals surface area contributed by atoms with Gasteiger partial charge in [0.15, 0.2) is 0 Å². The van der Waals surface area contributed by atoms with Gasteiger partial charge in [-0.2, -0.15) is 0 Å². The van der Waals surface area contributed by atoms with Crippen LogP contribution in [-0.2, 0) is 30.7 Å². The zero-order valence-corrected chi connectivity index (χ0v) is 6.65. The Morgan fingerprint density at radius 2 is 1.44 bits per heavy atom. The van der Waals surface area contributed by atoms with Crippen molar-refractivity contribution in [3.8, 4) is 0 Å². The summed E-state index contributed by atoms with van der Waals surface area (Å²) in [5.41, 5.74) is 0. The molecule has 0 saturated carbocycles. The van der Waals surface area contributed by atoms with Gasteiger partial charge in [-0.25, -0.2) is 0 Å². The van der Waals surface area contributed by atoms with Gasteiger partial charge in [-0.1, -0.05) is 0 Å². The summed E-state index contributed by atoms with van der Waals surface area (Å²) in [5, 5.41) is 2.14. The van der Waals surface area contributed by atoms with E-state index in [-0.39, 0.29) is 38.4 Å². The second-order valence-corrected chi connectivity index (χ2v) is 1.47. The van der Waals surface area contributed by atoms with Crippen molar-refractivity contribution in [2.24, 2.45) is 0 Å². The van der Waals surface area contributed by atoms with E-state index in [4.69, 9.17) is 0 Å². The fourth-order valence-corrected chi connectivity index (χ4v) is 0.508. The zero-order valence-electron chi connectivity index (χ0n) is 4.64. The van der Waals surface area contributed by atoms with Gasteiger partial charge >= 0.3 is 0 Å². The number of carbonyl (C=O) groups excluding carboxylic acids is 2. The van der Waals surface area contributed by atoms with Gasteiger partial charge in [-0.3, -0.25) is 14.9 Å². The molecule has 9 heavy (non-hydrogen) atoms. The molecule has 3 N–H and O–H groups in total. The number of amides is 2. The molecule has 0 bridgehead atoms. The van der Waals surface area contributed by atoms with E-state index in [1.54, 1.807) is 0 Å². The van der Waals surface area contributed by atoms with E-state index in [0.29, 0.717) is 12.8 Å². The summed E-state index contributed by atoms with van der Waals surface area (Å²) < 4.78 is 0. The van der Waals surface area contributed by atoms with E-state index in [9.17, 15) is 9.59 Å². The molecule has 1 aliphatic heterocycles. The Morgan fingerprint density at radius 3 is 1.56 bits per heavy atom. The first kappa shape index (κ1) is 11.6. The van der Waals surface area contributed by atoms with Crippen LogP contribution in [0.15, 0.2) is 0 Å². The van der Waals surface area contributed by atoms with Crippen LogP contribution in [0.25, 0.3) is 0 Å². The predicted octanol–water partition coefficient (Wildman–Crippen LogP) is -1.40. The molecule has 0 spiro atoms. The van der Waals surface area contributed by atoms with Crippen molar-refractivity contribution in [1.29, 1.82) is 0 Å². The largest absolute Gasteiger partial charge is 0.412 e. The van der Waals surface area contributed by atoms with Gasteiger partial charge in [0.2, 0.25) is 11.8 Å². The molecule has 1 saturated heterocycles. The molecule has 1 heterocycles. The van der Waals surface area contributed by atoms with Crippen LogP contribution in [0.1, 0.15) is 12.8 Å². The molecular formula is C4H7MoNO3. The summed E-state index contributed by atoms with van der Waals surface area (Å²) in [5.74, 6) is -0.296. The van der Waals surface area contributed by atoms with E-state index < -0.39 is 0 Å². The number of carbonyl (C=O) groups is 2. The Bertz CT molecular complexity index is 111. The molecule has 1 rings (SSSR count). The van der Waals surface area contributed by atoms with Crippen LogP contribution in [0, 0.1) is 0 Å². The predicted molar refractivity (Wildman–Crippen MR) is 26.0 cm³/mol. The molecule has 0 aromatic rings. The van der Waals surface area contributed by atoms with Crippen molar-refractivity contribution in [1.82, 2.24) is 5.32 Å². The van der Waals surface area contributed by atoms with Gasteiger partial charge in [-0.05, 0) is 0 Å². The number of nitrogens with one attached hydrogen (secondary N) is 1. The average molecular weight is 213 g/mol. The molecular weight excluding hydrogens is 206 g/mol. The van der Waals surface area contributed by atoms with Gasteiger partial charge in [-0.15, -0.1) is 0 Å². The fourth-order valence-electron chi connectivity index (χ4n) is 0.508. The van der Waals surface area contributed by atoms with Crippen molar-refractivity contribution >= 4 is 11.8 Å². The first-order valence-corrected chi connectivity index (χ1v) is 2.12. The van der Waals surface area contributed by atoms with Crippen molar-refractivity contribution < 1.29 is 36.1 Å². The normalized spacial score (nSPS) is 15.6. The summed E-state index contributed by atoms with van der Waals surface area (Å²) >= 11 is 0. The van der Waals surface area contributed by atoms with E-state index in [1.807, 2.05) is 0 Å². The molecule has 1 fully saturated rings. The Balaban J connectivity index is 0. The number of rotatable bonds is 0. The maximum Gasteiger partial charge on any atom is 0.227 e.